The number of nitrogens with zero attached hydrogens (tertiary/aromatic N) is 2. The van der Waals surface area contributed by atoms with Crippen molar-refractivity contribution >= 4 is 5.91 Å². The number of amides is 1. The molecule has 0 radical (unpaired) electrons. The van der Waals surface area contributed by atoms with Gasteiger partial charge in [0, 0.05) is 13.1 Å². The predicted molar refractivity (Wildman–Crippen MR) is 80.3 cm³/mol. The maximum absolute atomic E-state index is 12.9. The topological polar surface area (TPSA) is 35.6 Å². The third-order valence-corrected chi connectivity index (χ3v) is 5.45. The second-order valence-electron chi connectivity index (χ2n) is 7.11. The van der Waals surface area contributed by atoms with Crippen LogP contribution in [0.15, 0.2) is 0 Å². The predicted octanol–water partition coefficient (Wildman–Crippen LogP) is 1.81. The summed E-state index contributed by atoms with van der Waals surface area (Å²) >= 11 is 0. The zero-order chi connectivity index (χ0) is 14.2. The Morgan fingerprint density at radius 3 is 2.70 bits per heavy atom. The second kappa shape index (κ2) is 5.64. The van der Waals surface area contributed by atoms with Crippen molar-refractivity contribution in [2.45, 2.75) is 63.6 Å². The Bertz CT molecular complexity index is 365. The van der Waals surface area contributed by atoms with Crippen LogP contribution in [0, 0.1) is 5.92 Å². The molecule has 1 N–H and O–H groups in total. The van der Waals surface area contributed by atoms with Gasteiger partial charge >= 0.3 is 0 Å². The Morgan fingerprint density at radius 1 is 1.35 bits per heavy atom. The fraction of sp³-hybridized carbons (Fsp3) is 0.938. The van der Waals surface area contributed by atoms with Gasteiger partial charge in [0.25, 0.3) is 0 Å². The van der Waals surface area contributed by atoms with Crippen molar-refractivity contribution in [2.24, 2.45) is 5.92 Å². The van der Waals surface area contributed by atoms with Gasteiger partial charge in [-0.1, -0.05) is 26.2 Å². The second-order valence-corrected chi connectivity index (χ2v) is 7.11. The van der Waals surface area contributed by atoms with Crippen molar-refractivity contribution in [3.8, 4) is 0 Å². The van der Waals surface area contributed by atoms with Gasteiger partial charge in [0.15, 0.2) is 0 Å². The van der Waals surface area contributed by atoms with Crippen LogP contribution in [0.25, 0.3) is 0 Å². The molecule has 114 valence electrons. The largest absolute Gasteiger partial charge is 0.325 e. The summed E-state index contributed by atoms with van der Waals surface area (Å²) in [4.78, 5) is 17.5. The monoisotopic (exact) mass is 279 g/mol. The van der Waals surface area contributed by atoms with E-state index >= 15 is 0 Å². The first-order valence-corrected chi connectivity index (χ1v) is 8.42. The minimum absolute atomic E-state index is 0.190. The molecule has 2 saturated heterocycles. The van der Waals surface area contributed by atoms with Crippen LogP contribution in [0.2, 0.25) is 0 Å². The molecule has 0 aromatic rings. The molecule has 0 aromatic carbocycles. The molecule has 1 spiro atoms. The molecule has 2 atom stereocenters. The summed E-state index contributed by atoms with van der Waals surface area (Å²) in [6, 6.07) is 0. The van der Waals surface area contributed by atoms with E-state index in [0.717, 1.165) is 38.8 Å². The van der Waals surface area contributed by atoms with E-state index in [9.17, 15) is 4.79 Å². The molecule has 1 aliphatic carbocycles. The van der Waals surface area contributed by atoms with Crippen molar-refractivity contribution < 1.29 is 4.79 Å². The van der Waals surface area contributed by atoms with Crippen LogP contribution in [-0.2, 0) is 4.79 Å². The van der Waals surface area contributed by atoms with Gasteiger partial charge in [0.1, 0.15) is 0 Å². The Morgan fingerprint density at radius 2 is 2.10 bits per heavy atom. The molecule has 2 unspecified atom stereocenters. The highest BCUT2D eigenvalue weighted by molar-refractivity contribution is 5.89. The summed E-state index contributed by atoms with van der Waals surface area (Å²) in [7, 11) is 2.19. The number of hydrogen-bond acceptors (Lipinski definition) is 3. The summed E-state index contributed by atoms with van der Waals surface area (Å²) < 4.78 is 0. The van der Waals surface area contributed by atoms with Gasteiger partial charge in [0.2, 0.25) is 5.91 Å². The molecular formula is C16H29N3O. The average Bonchev–Trinajstić information content (AvgIpc) is 3.10. The average molecular weight is 279 g/mol. The van der Waals surface area contributed by atoms with Gasteiger partial charge in [-0.15, -0.1) is 0 Å². The molecule has 1 amide bonds. The molecule has 0 bridgehead atoms. The van der Waals surface area contributed by atoms with Gasteiger partial charge in [-0.25, -0.2) is 0 Å². The molecule has 2 heterocycles. The maximum atomic E-state index is 12.9. The van der Waals surface area contributed by atoms with Crippen molar-refractivity contribution in [3.05, 3.63) is 0 Å². The molecule has 1 saturated carbocycles. The van der Waals surface area contributed by atoms with E-state index < -0.39 is 0 Å². The molecule has 0 aromatic heterocycles. The Kier molecular flexibility index (Phi) is 4.04. The summed E-state index contributed by atoms with van der Waals surface area (Å²) in [6.07, 6.45) is 8.27. The minimum atomic E-state index is -0.190. The zero-order valence-electron chi connectivity index (χ0n) is 13.0. The lowest BCUT2D eigenvalue weighted by molar-refractivity contribution is -0.133. The van der Waals surface area contributed by atoms with Gasteiger partial charge in [-0.05, 0) is 45.2 Å². The summed E-state index contributed by atoms with van der Waals surface area (Å²) in [5.74, 6) is 1.07. The number of rotatable bonds is 4. The first-order valence-electron chi connectivity index (χ1n) is 8.42. The summed E-state index contributed by atoms with van der Waals surface area (Å²) in [6.45, 7) is 5.51. The van der Waals surface area contributed by atoms with Gasteiger partial charge in [-0.3, -0.25) is 10.1 Å². The van der Waals surface area contributed by atoms with Crippen LogP contribution in [0.5, 0.6) is 0 Å². The quantitative estimate of drug-likeness (QED) is 0.852. The van der Waals surface area contributed by atoms with Crippen molar-refractivity contribution in [3.63, 3.8) is 0 Å². The van der Waals surface area contributed by atoms with Crippen molar-refractivity contribution in [1.82, 2.24) is 15.1 Å². The van der Waals surface area contributed by atoms with Crippen LogP contribution < -0.4 is 5.32 Å². The minimum Gasteiger partial charge on any atom is -0.325 e. The van der Waals surface area contributed by atoms with E-state index in [1.807, 2.05) is 0 Å². The molecule has 3 aliphatic rings. The highest BCUT2D eigenvalue weighted by Crippen LogP contribution is 2.37. The Labute approximate surface area is 122 Å². The molecule has 3 rings (SSSR count). The molecule has 4 heteroatoms. The third kappa shape index (κ3) is 2.48. The van der Waals surface area contributed by atoms with Crippen LogP contribution >= 0.6 is 0 Å². The third-order valence-electron chi connectivity index (χ3n) is 5.45. The van der Waals surface area contributed by atoms with Crippen LogP contribution in [0.1, 0.15) is 51.9 Å². The van der Waals surface area contributed by atoms with Crippen molar-refractivity contribution in [1.29, 1.82) is 0 Å². The van der Waals surface area contributed by atoms with Gasteiger partial charge in [-0.2, -0.15) is 0 Å². The lowest BCUT2D eigenvalue weighted by Gasteiger charge is -2.27. The smallest absolute Gasteiger partial charge is 0.244 e. The van der Waals surface area contributed by atoms with Gasteiger partial charge < -0.3 is 9.80 Å². The standard InChI is InChI=1S/C16H29N3O/c1-3-6-14-17-16(8-4-5-9-16)15(20)19(14)12-13-7-10-18(2)11-13/h13-14,17H,3-12H2,1-2H3. The summed E-state index contributed by atoms with van der Waals surface area (Å²) in [5.41, 5.74) is -0.190. The fourth-order valence-corrected chi connectivity index (χ4v) is 4.38. The maximum Gasteiger partial charge on any atom is 0.244 e. The number of nitrogens with one attached hydrogen (secondary N) is 1. The first kappa shape index (κ1) is 14.3. The lowest BCUT2D eigenvalue weighted by atomic mass is 9.97. The first-order chi connectivity index (χ1) is 9.64. The normalized spacial score (nSPS) is 33.7. The van der Waals surface area contributed by atoms with E-state index in [-0.39, 0.29) is 11.7 Å². The Hall–Kier alpha value is -0.610. The molecule has 4 nitrogen and oxygen atoms in total. The van der Waals surface area contributed by atoms with E-state index in [4.69, 9.17) is 0 Å². The van der Waals surface area contributed by atoms with Crippen LogP contribution in [0.3, 0.4) is 0 Å². The van der Waals surface area contributed by atoms with E-state index in [2.05, 4.69) is 29.1 Å². The number of carbonyl (C=O) groups excluding carboxylic acids is 1. The summed E-state index contributed by atoms with van der Waals surface area (Å²) in [5, 5.41) is 3.72. The zero-order valence-corrected chi connectivity index (χ0v) is 13.0. The van der Waals surface area contributed by atoms with Gasteiger partial charge in [0.05, 0.1) is 11.7 Å². The SMILES string of the molecule is CCCC1NC2(CCCC2)C(=O)N1CC1CCN(C)C1. The molecule has 2 aliphatic heterocycles. The highest BCUT2D eigenvalue weighted by Gasteiger charge is 2.52. The fourth-order valence-electron chi connectivity index (χ4n) is 4.38. The number of likely N-dealkylation sites (tertiary alicyclic amines) is 1. The molecule has 20 heavy (non-hydrogen) atoms. The van der Waals surface area contributed by atoms with E-state index in [1.54, 1.807) is 0 Å². The lowest BCUT2D eigenvalue weighted by Crippen LogP contribution is -2.44. The van der Waals surface area contributed by atoms with E-state index in [0.29, 0.717) is 11.8 Å². The number of hydrogen-bond donors (Lipinski definition) is 1. The highest BCUT2D eigenvalue weighted by atomic mass is 16.2. The van der Waals surface area contributed by atoms with Crippen LogP contribution in [0.4, 0.5) is 0 Å². The van der Waals surface area contributed by atoms with E-state index in [1.165, 1.54) is 25.8 Å². The Balaban J connectivity index is 1.70. The molecule has 3 fully saturated rings. The number of carbonyl (C=O) groups is 1. The van der Waals surface area contributed by atoms with Crippen molar-refractivity contribution in [2.75, 3.05) is 26.7 Å². The molecular weight excluding hydrogens is 250 g/mol. The van der Waals surface area contributed by atoms with Crippen LogP contribution in [-0.4, -0.2) is 54.1 Å².